The Morgan fingerprint density at radius 3 is 2.50 bits per heavy atom. The molecule has 1 heterocycles. The fourth-order valence-corrected chi connectivity index (χ4v) is 2.50. The number of rotatable bonds is 6. The van der Waals surface area contributed by atoms with Crippen LogP contribution in [0.5, 0.6) is 5.75 Å². The number of aromatic amines is 1. The molecule has 0 radical (unpaired) electrons. The third-order valence-corrected chi connectivity index (χ3v) is 3.74. The van der Waals surface area contributed by atoms with E-state index in [1.807, 2.05) is 58.0 Å². The molecular formula is C18H24N2O2. The summed E-state index contributed by atoms with van der Waals surface area (Å²) in [5, 5.41) is 0. The van der Waals surface area contributed by atoms with Crippen molar-refractivity contribution in [3.8, 4) is 5.75 Å². The first-order valence-electron chi connectivity index (χ1n) is 7.66. The van der Waals surface area contributed by atoms with E-state index in [1.165, 1.54) is 0 Å². The van der Waals surface area contributed by atoms with Crippen molar-refractivity contribution in [3.05, 3.63) is 52.8 Å². The number of aromatic nitrogens is 1. The number of H-pyrrole nitrogens is 1. The van der Waals surface area contributed by atoms with Gasteiger partial charge in [0.25, 0.3) is 5.91 Å². The number of hydrogen-bond donors (Lipinski definition) is 1. The van der Waals surface area contributed by atoms with Crippen molar-refractivity contribution >= 4 is 5.91 Å². The lowest BCUT2D eigenvalue weighted by atomic mass is 10.2. The first-order chi connectivity index (χ1) is 10.5. The monoisotopic (exact) mass is 300 g/mol. The van der Waals surface area contributed by atoms with Gasteiger partial charge in [-0.2, -0.15) is 0 Å². The molecule has 4 nitrogen and oxygen atoms in total. The summed E-state index contributed by atoms with van der Waals surface area (Å²) in [4.78, 5) is 17.5. The lowest BCUT2D eigenvalue weighted by molar-refractivity contribution is 0.0733. The molecule has 0 saturated heterocycles. The summed E-state index contributed by atoms with van der Waals surface area (Å²) in [6, 6.07) is 9.90. The van der Waals surface area contributed by atoms with Gasteiger partial charge < -0.3 is 14.6 Å². The lowest BCUT2D eigenvalue weighted by Crippen LogP contribution is -2.35. The van der Waals surface area contributed by atoms with Gasteiger partial charge in [-0.3, -0.25) is 4.79 Å². The number of nitrogens with one attached hydrogen (secondary N) is 1. The fraction of sp³-hybridized carbons (Fsp3) is 0.389. The van der Waals surface area contributed by atoms with Crippen molar-refractivity contribution in [2.75, 3.05) is 19.7 Å². The molecule has 0 unspecified atom stereocenters. The zero-order valence-electron chi connectivity index (χ0n) is 13.8. The molecule has 0 spiro atoms. The van der Waals surface area contributed by atoms with Crippen LogP contribution in [0.25, 0.3) is 0 Å². The van der Waals surface area contributed by atoms with Gasteiger partial charge in [0.05, 0.1) is 6.54 Å². The minimum absolute atomic E-state index is 0.0292. The Kier molecular flexibility index (Phi) is 5.26. The summed E-state index contributed by atoms with van der Waals surface area (Å²) in [6.07, 6.45) is 0. The second-order valence-electron chi connectivity index (χ2n) is 5.51. The molecule has 22 heavy (non-hydrogen) atoms. The van der Waals surface area contributed by atoms with Gasteiger partial charge in [0.2, 0.25) is 0 Å². The summed E-state index contributed by atoms with van der Waals surface area (Å²) in [5.41, 5.74) is 3.77. The number of hydrogen-bond acceptors (Lipinski definition) is 2. The molecule has 2 aromatic rings. The third-order valence-electron chi connectivity index (χ3n) is 3.74. The molecule has 1 amide bonds. The van der Waals surface area contributed by atoms with E-state index in [0.717, 1.165) is 22.6 Å². The predicted octanol–water partition coefficient (Wildman–Crippen LogP) is 3.48. The van der Waals surface area contributed by atoms with Crippen LogP contribution in [-0.2, 0) is 0 Å². The van der Waals surface area contributed by atoms with Crippen LogP contribution in [0.2, 0.25) is 0 Å². The number of ether oxygens (including phenoxy) is 1. The van der Waals surface area contributed by atoms with Crippen LogP contribution in [0.4, 0.5) is 0 Å². The third kappa shape index (κ3) is 3.70. The predicted molar refractivity (Wildman–Crippen MR) is 88.5 cm³/mol. The molecule has 1 N–H and O–H groups in total. The Bertz CT molecular complexity index is 646. The normalized spacial score (nSPS) is 10.5. The summed E-state index contributed by atoms with van der Waals surface area (Å²) in [5.74, 6) is 0.902. The molecule has 0 aliphatic carbocycles. The summed E-state index contributed by atoms with van der Waals surface area (Å²) in [6.45, 7) is 9.63. The maximum atomic E-state index is 12.6. The fourth-order valence-electron chi connectivity index (χ4n) is 2.50. The molecule has 1 aromatic carbocycles. The quantitative estimate of drug-likeness (QED) is 0.887. The average Bonchev–Trinajstić information content (AvgIpc) is 2.83. The van der Waals surface area contributed by atoms with E-state index in [1.54, 1.807) is 4.90 Å². The van der Waals surface area contributed by atoms with Crippen molar-refractivity contribution in [2.45, 2.75) is 27.7 Å². The van der Waals surface area contributed by atoms with Crippen LogP contribution in [0, 0.1) is 20.8 Å². The van der Waals surface area contributed by atoms with Crippen LogP contribution in [0.15, 0.2) is 30.3 Å². The highest BCUT2D eigenvalue weighted by molar-refractivity contribution is 5.94. The minimum atomic E-state index is 0.0292. The first-order valence-corrected chi connectivity index (χ1v) is 7.66. The number of carbonyl (C=O) groups is 1. The molecular weight excluding hydrogens is 276 g/mol. The van der Waals surface area contributed by atoms with E-state index in [4.69, 9.17) is 4.74 Å². The van der Waals surface area contributed by atoms with Gasteiger partial charge >= 0.3 is 0 Å². The standard InChI is InChI=1S/C18H24N2O2/c1-5-20(18(21)17-14(3)12-15(4)19-17)10-11-22-16-9-7-6-8-13(16)2/h6-9,12,19H,5,10-11H2,1-4H3. The summed E-state index contributed by atoms with van der Waals surface area (Å²) < 4.78 is 5.79. The Balaban J connectivity index is 1.96. The van der Waals surface area contributed by atoms with Crippen molar-refractivity contribution in [1.29, 1.82) is 0 Å². The SMILES string of the molecule is CCN(CCOc1ccccc1C)C(=O)c1[nH]c(C)cc1C. The molecule has 1 aromatic heterocycles. The average molecular weight is 300 g/mol. The van der Waals surface area contributed by atoms with E-state index in [-0.39, 0.29) is 5.91 Å². The van der Waals surface area contributed by atoms with Crippen molar-refractivity contribution < 1.29 is 9.53 Å². The van der Waals surface area contributed by atoms with E-state index >= 15 is 0 Å². The van der Waals surface area contributed by atoms with Crippen LogP contribution < -0.4 is 4.74 Å². The van der Waals surface area contributed by atoms with Crippen LogP contribution in [0.1, 0.15) is 34.2 Å². The van der Waals surface area contributed by atoms with Crippen LogP contribution >= 0.6 is 0 Å². The molecule has 118 valence electrons. The summed E-state index contributed by atoms with van der Waals surface area (Å²) in [7, 11) is 0. The number of nitrogens with zero attached hydrogens (tertiary/aromatic N) is 1. The lowest BCUT2D eigenvalue weighted by Gasteiger charge is -2.21. The minimum Gasteiger partial charge on any atom is -0.491 e. The second-order valence-corrected chi connectivity index (χ2v) is 5.51. The maximum Gasteiger partial charge on any atom is 0.270 e. The number of carbonyl (C=O) groups excluding carboxylic acids is 1. The molecule has 0 aliphatic heterocycles. The topological polar surface area (TPSA) is 45.3 Å². The zero-order valence-corrected chi connectivity index (χ0v) is 13.8. The highest BCUT2D eigenvalue weighted by Gasteiger charge is 2.18. The van der Waals surface area contributed by atoms with Gasteiger partial charge in [-0.1, -0.05) is 18.2 Å². The Morgan fingerprint density at radius 1 is 1.18 bits per heavy atom. The van der Waals surface area contributed by atoms with Crippen LogP contribution in [-0.4, -0.2) is 35.5 Å². The second kappa shape index (κ2) is 7.16. The molecule has 2 rings (SSSR count). The summed E-state index contributed by atoms with van der Waals surface area (Å²) >= 11 is 0. The largest absolute Gasteiger partial charge is 0.491 e. The molecule has 0 fully saturated rings. The molecule has 0 bridgehead atoms. The number of para-hydroxylation sites is 1. The Morgan fingerprint density at radius 2 is 1.91 bits per heavy atom. The van der Waals surface area contributed by atoms with Gasteiger partial charge in [-0.05, 0) is 51.0 Å². The zero-order chi connectivity index (χ0) is 16.1. The van der Waals surface area contributed by atoms with Gasteiger partial charge in [-0.25, -0.2) is 0 Å². The van der Waals surface area contributed by atoms with Crippen LogP contribution in [0.3, 0.4) is 0 Å². The number of likely N-dealkylation sites (N-methyl/N-ethyl adjacent to an activating group) is 1. The smallest absolute Gasteiger partial charge is 0.270 e. The van der Waals surface area contributed by atoms with Crippen molar-refractivity contribution in [2.24, 2.45) is 0 Å². The van der Waals surface area contributed by atoms with Crippen molar-refractivity contribution in [1.82, 2.24) is 9.88 Å². The van der Waals surface area contributed by atoms with E-state index in [9.17, 15) is 4.79 Å². The van der Waals surface area contributed by atoms with Gasteiger partial charge in [0, 0.05) is 12.2 Å². The van der Waals surface area contributed by atoms with E-state index < -0.39 is 0 Å². The molecule has 0 atom stereocenters. The Hall–Kier alpha value is -2.23. The Labute approximate surface area is 132 Å². The highest BCUT2D eigenvalue weighted by atomic mass is 16.5. The molecule has 4 heteroatoms. The number of aryl methyl sites for hydroxylation is 3. The first kappa shape index (κ1) is 16.1. The maximum absolute atomic E-state index is 12.6. The number of benzene rings is 1. The van der Waals surface area contributed by atoms with E-state index in [0.29, 0.717) is 25.4 Å². The van der Waals surface area contributed by atoms with Gasteiger partial charge in [-0.15, -0.1) is 0 Å². The molecule has 0 aliphatic rings. The highest BCUT2D eigenvalue weighted by Crippen LogP contribution is 2.16. The van der Waals surface area contributed by atoms with Gasteiger partial charge in [0.15, 0.2) is 0 Å². The molecule has 0 saturated carbocycles. The van der Waals surface area contributed by atoms with E-state index in [2.05, 4.69) is 4.98 Å². The number of amides is 1. The van der Waals surface area contributed by atoms with Gasteiger partial charge in [0.1, 0.15) is 18.1 Å². The van der Waals surface area contributed by atoms with Crippen molar-refractivity contribution in [3.63, 3.8) is 0 Å².